The molecular weight excluding hydrogens is 512 g/mol. The maximum Gasteiger partial charge on any atom is 0.305 e. The second-order valence-corrected chi connectivity index (χ2v) is 12.8. The van der Waals surface area contributed by atoms with Gasteiger partial charge in [-0.2, -0.15) is 0 Å². The maximum atomic E-state index is 11.9. The summed E-state index contributed by atoms with van der Waals surface area (Å²) in [4.78, 5) is 23.8. The Labute approximate surface area is 255 Å². The van der Waals surface area contributed by atoms with Gasteiger partial charge in [-0.25, -0.2) is 0 Å². The molecule has 0 aromatic rings. The predicted molar refractivity (Wildman–Crippen MR) is 173 cm³/mol. The van der Waals surface area contributed by atoms with Gasteiger partial charge in [-0.1, -0.05) is 168 Å². The first-order chi connectivity index (χ1) is 20.0. The summed E-state index contributed by atoms with van der Waals surface area (Å²) in [5, 5.41) is 9.95. The van der Waals surface area contributed by atoms with Gasteiger partial charge < -0.3 is 14.6 Å². The minimum atomic E-state index is -0.954. The van der Waals surface area contributed by atoms with Crippen molar-refractivity contribution in [3.63, 3.8) is 0 Å². The summed E-state index contributed by atoms with van der Waals surface area (Å²) in [7, 11) is 0. The highest BCUT2D eigenvalue weighted by molar-refractivity contribution is 5.69. The van der Waals surface area contributed by atoms with Crippen molar-refractivity contribution in [2.45, 2.75) is 200 Å². The molecule has 0 bridgehead atoms. The van der Waals surface area contributed by atoms with E-state index in [1.54, 1.807) is 0 Å². The van der Waals surface area contributed by atoms with Gasteiger partial charge in [0, 0.05) is 12.8 Å². The van der Waals surface area contributed by atoms with Gasteiger partial charge in [-0.05, 0) is 18.8 Å². The fourth-order valence-electron chi connectivity index (χ4n) is 5.27. The summed E-state index contributed by atoms with van der Waals surface area (Å²) >= 11 is 0. The minimum absolute atomic E-state index is 0.110. The van der Waals surface area contributed by atoms with Crippen LogP contribution >= 0.6 is 0 Å². The number of unbranched alkanes of at least 4 members (excludes halogenated alkanes) is 22. The molecule has 0 aliphatic carbocycles. The van der Waals surface area contributed by atoms with Gasteiger partial charge in [0.2, 0.25) is 0 Å². The fourth-order valence-corrected chi connectivity index (χ4v) is 5.27. The van der Waals surface area contributed by atoms with Crippen LogP contribution in [-0.2, 0) is 19.1 Å². The number of ether oxygens (including phenoxy) is 2. The number of aliphatic hydroxyl groups excluding tert-OH is 1. The van der Waals surface area contributed by atoms with Gasteiger partial charge in [0.25, 0.3) is 0 Å². The van der Waals surface area contributed by atoms with E-state index >= 15 is 0 Å². The topological polar surface area (TPSA) is 72.8 Å². The fraction of sp³-hybridized carbons (Fsp3) is 0.944. The quantitative estimate of drug-likeness (QED) is 0.0631. The van der Waals surface area contributed by atoms with Crippen LogP contribution in [0.1, 0.15) is 194 Å². The third kappa shape index (κ3) is 33.3. The second kappa shape index (κ2) is 31.8. The molecule has 0 aromatic heterocycles. The Balaban J connectivity index is 3.37. The monoisotopic (exact) mass is 583 g/mol. The Morgan fingerprint density at radius 2 is 0.780 bits per heavy atom. The molecule has 0 amide bonds. The summed E-state index contributed by atoms with van der Waals surface area (Å²) in [5.74, 6) is 0.219. The van der Waals surface area contributed by atoms with Gasteiger partial charge in [0.1, 0.15) is 19.3 Å². The molecule has 1 atom stereocenters. The zero-order chi connectivity index (χ0) is 30.2. The molecular formula is C36H70O5. The van der Waals surface area contributed by atoms with E-state index in [2.05, 4.69) is 20.8 Å². The Morgan fingerprint density at radius 1 is 0.488 bits per heavy atom. The molecule has 1 N–H and O–H groups in total. The third-order valence-electron chi connectivity index (χ3n) is 8.02. The van der Waals surface area contributed by atoms with E-state index in [1.165, 1.54) is 128 Å². The summed E-state index contributed by atoms with van der Waals surface area (Å²) in [6.07, 6.45) is 31.7. The van der Waals surface area contributed by atoms with E-state index in [1.807, 2.05) is 0 Å². The van der Waals surface area contributed by atoms with E-state index in [4.69, 9.17) is 9.47 Å². The summed E-state index contributed by atoms with van der Waals surface area (Å²) in [6, 6.07) is 0. The molecule has 0 fully saturated rings. The molecule has 0 radical (unpaired) electrons. The van der Waals surface area contributed by atoms with Gasteiger partial charge in [0.15, 0.2) is 0 Å². The molecule has 41 heavy (non-hydrogen) atoms. The lowest BCUT2D eigenvalue weighted by Gasteiger charge is -2.12. The number of hydrogen-bond donors (Lipinski definition) is 1. The maximum absolute atomic E-state index is 11.9. The molecule has 5 nitrogen and oxygen atoms in total. The average molecular weight is 583 g/mol. The van der Waals surface area contributed by atoms with Gasteiger partial charge in [-0.15, -0.1) is 0 Å². The molecule has 0 heterocycles. The molecule has 0 saturated carbocycles. The third-order valence-corrected chi connectivity index (χ3v) is 8.02. The lowest BCUT2D eigenvalue weighted by molar-refractivity contribution is -0.152. The van der Waals surface area contributed by atoms with Crippen LogP contribution < -0.4 is 0 Å². The minimum Gasteiger partial charge on any atom is -0.463 e. The molecule has 0 spiro atoms. The Hall–Kier alpha value is -1.10. The van der Waals surface area contributed by atoms with Gasteiger partial charge in [-0.3, -0.25) is 9.59 Å². The number of carbonyl (C=O) groups is 2. The highest BCUT2D eigenvalue weighted by atomic mass is 16.6. The smallest absolute Gasteiger partial charge is 0.305 e. The van der Waals surface area contributed by atoms with E-state index in [-0.39, 0.29) is 25.2 Å². The van der Waals surface area contributed by atoms with Crippen LogP contribution in [-0.4, -0.2) is 36.4 Å². The summed E-state index contributed by atoms with van der Waals surface area (Å²) < 4.78 is 10.3. The predicted octanol–water partition coefficient (Wildman–Crippen LogP) is 10.6. The van der Waals surface area contributed by atoms with Crippen molar-refractivity contribution >= 4 is 11.9 Å². The van der Waals surface area contributed by atoms with E-state index < -0.39 is 6.10 Å². The van der Waals surface area contributed by atoms with Crippen molar-refractivity contribution in [3.8, 4) is 0 Å². The van der Waals surface area contributed by atoms with E-state index in [9.17, 15) is 14.7 Å². The summed E-state index contributed by atoms with van der Waals surface area (Å²) in [5.41, 5.74) is 0. The second-order valence-electron chi connectivity index (χ2n) is 12.8. The first kappa shape index (κ1) is 39.9. The van der Waals surface area contributed by atoms with Crippen LogP contribution in [0, 0.1) is 5.92 Å². The number of carbonyl (C=O) groups excluding carboxylic acids is 2. The molecule has 5 heteroatoms. The molecule has 0 rings (SSSR count). The van der Waals surface area contributed by atoms with Crippen LogP contribution in [0.5, 0.6) is 0 Å². The zero-order valence-electron chi connectivity index (χ0n) is 27.7. The Bertz CT molecular complexity index is 562. The van der Waals surface area contributed by atoms with Crippen molar-refractivity contribution in [2.75, 3.05) is 13.2 Å². The number of rotatable bonds is 32. The zero-order valence-corrected chi connectivity index (χ0v) is 27.7. The van der Waals surface area contributed by atoms with Crippen molar-refractivity contribution < 1.29 is 24.2 Å². The highest BCUT2D eigenvalue weighted by Gasteiger charge is 2.12. The van der Waals surface area contributed by atoms with Gasteiger partial charge in [0.05, 0.1) is 0 Å². The molecule has 0 aromatic carbocycles. The number of aliphatic hydroxyl groups is 1. The van der Waals surface area contributed by atoms with Gasteiger partial charge >= 0.3 is 11.9 Å². The van der Waals surface area contributed by atoms with Crippen LogP contribution in [0.4, 0.5) is 0 Å². The largest absolute Gasteiger partial charge is 0.463 e. The average Bonchev–Trinajstić information content (AvgIpc) is 2.95. The highest BCUT2D eigenvalue weighted by Crippen LogP contribution is 2.15. The molecule has 0 saturated heterocycles. The Morgan fingerprint density at radius 3 is 1.10 bits per heavy atom. The lowest BCUT2D eigenvalue weighted by atomic mass is 10.0. The van der Waals surface area contributed by atoms with E-state index in [0.29, 0.717) is 12.8 Å². The first-order valence-electron chi connectivity index (χ1n) is 17.9. The Kier molecular flexibility index (Phi) is 31.0. The van der Waals surface area contributed by atoms with Crippen LogP contribution in [0.15, 0.2) is 0 Å². The first-order valence-corrected chi connectivity index (χ1v) is 17.9. The van der Waals surface area contributed by atoms with Crippen LogP contribution in [0.3, 0.4) is 0 Å². The standard InChI is InChI=1S/C36H70O5/c1-4-5-6-7-8-9-10-11-12-13-14-15-16-17-18-19-23-26-29-35(38)40-31-34(37)32-41-36(39)30-27-24-21-20-22-25-28-33(2)3/h33-34,37H,4-32H2,1-3H3/t34-/m0/s1. The van der Waals surface area contributed by atoms with Crippen LogP contribution in [0.25, 0.3) is 0 Å². The van der Waals surface area contributed by atoms with E-state index in [0.717, 1.165) is 38.0 Å². The summed E-state index contributed by atoms with van der Waals surface area (Å²) in [6.45, 7) is 6.58. The van der Waals surface area contributed by atoms with Crippen molar-refractivity contribution in [3.05, 3.63) is 0 Å². The number of hydrogen-bond acceptors (Lipinski definition) is 5. The lowest BCUT2D eigenvalue weighted by Crippen LogP contribution is -2.25. The molecule has 244 valence electrons. The SMILES string of the molecule is CCCCCCCCCCCCCCCCCCCCC(=O)OC[C@H](O)COC(=O)CCCCCCCCC(C)C. The molecule has 0 aliphatic rings. The number of esters is 2. The van der Waals surface area contributed by atoms with Crippen molar-refractivity contribution in [1.29, 1.82) is 0 Å². The van der Waals surface area contributed by atoms with Crippen molar-refractivity contribution in [2.24, 2.45) is 5.92 Å². The van der Waals surface area contributed by atoms with Crippen LogP contribution in [0.2, 0.25) is 0 Å². The molecule has 0 unspecified atom stereocenters. The molecule has 0 aliphatic heterocycles. The normalized spacial score (nSPS) is 12.1. The van der Waals surface area contributed by atoms with Crippen molar-refractivity contribution in [1.82, 2.24) is 0 Å².